The number of nitrogens with two attached hydrogens (primary N) is 1. The quantitative estimate of drug-likeness (QED) is 0.886. The monoisotopic (exact) mass is 305 g/mol. The molecule has 120 valence electrons. The summed E-state index contributed by atoms with van der Waals surface area (Å²) in [5.41, 5.74) is 6.64. The number of rotatable bonds is 3. The van der Waals surface area contributed by atoms with E-state index in [-0.39, 0.29) is 24.2 Å². The molecule has 0 aromatic heterocycles. The van der Waals surface area contributed by atoms with Crippen molar-refractivity contribution in [3.8, 4) is 0 Å². The van der Waals surface area contributed by atoms with Gasteiger partial charge in [0.2, 0.25) is 5.91 Å². The fraction of sp³-hybridized carbons (Fsp3) is 0.588. The number of hydrogen-bond acceptors (Lipinski definition) is 3. The molecule has 3 atom stereocenters. The summed E-state index contributed by atoms with van der Waals surface area (Å²) < 4.78 is 13.1. The zero-order valence-electron chi connectivity index (χ0n) is 12.8. The van der Waals surface area contributed by atoms with Gasteiger partial charge in [-0.15, -0.1) is 0 Å². The highest BCUT2D eigenvalue weighted by Crippen LogP contribution is 2.28. The molecule has 2 aliphatic heterocycles. The first-order chi connectivity index (χ1) is 10.7. The number of carbonyl (C=O) groups excluding carboxylic acids is 1. The van der Waals surface area contributed by atoms with E-state index in [1.165, 1.54) is 12.1 Å². The van der Waals surface area contributed by atoms with Crippen LogP contribution < -0.4 is 11.1 Å². The van der Waals surface area contributed by atoms with Gasteiger partial charge < -0.3 is 16.0 Å². The topological polar surface area (TPSA) is 58.4 Å². The van der Waals surface area contributed by atoms with Crippen LogP contribution in [-0.2, 0) is 4.79 Å². The third kappa shape index (κ3) is 3.15. The average Bonchev–Trinajstić information content (AvgIpc) is 2.88. The van der Waals surface area contributed by atoms with Gasteiger partial charge in [0.05, 0.1) is 5.92 Å². The number of carbonyl (C=O) groups is 1. The minimum atomic E-state index is -0.364. The lowest BCUT2D eigenvalue weighted by Gasteiger charge is -2.26. The summed E-state index contributed by atoms with van der Waals surface area (Å²) in [4.78, 5) is 14.8. The fourth-order valence-corrected chi connectivity index (χ4v) is 3.73. The molecule has 4 nitrogen and oxygen atoms in total. The van der Waals surface area contributed by atoms with Gasteiger partial charge in [-0.2, -0.15) is 0 Å². The Bertz CT molecular complexity index is 505. The summed E-state index contributed by atoms with van der Waals surface area (Å²) in [5, 5.41) is 3.44. The number of fused-ring (bicyclic) bond motifs is 1. The van der Waals surface area contributed by atoms with Gasteiger partial charge in [0.1, 0.15) is 5.82 Å². The molecule has 2 saturated heterocycles. The van der Waals surface area contributed by atoms with Crippen LogP contribution in [-0.4, -0.2) is 43.5 Å². The maximum Gasteiger partial charge on any atom is 0.231 e. The Morgan fingerprint density at radius 3 is 2.36 bits per heavy atom. The number of hydrogen-bond donors (Lipinski definition) is 2. The van der Waals surface area contributed by atoms with Crippen molar-refractivity contribution in [1.29, 1.82) is 0 Å². The van der Waals surface area contributed by atoms with Crippen molar-refractivity contribution in [3.63, 3.8) is 0 Å². The molecule has 0 spiro atoms. The largest absolute Gasteiger partial charge is 0.342 e. The van der Waals surface area contributed by atoms with Crippen molar-refractivity contribution in [1.82, 2.24) is 10.2 Å². The van der Waals surface area contributed by atoms with Gasteiger partial charge >= 0.3 is 0 Å². The van der Waals surface area contributed by atoms with E-state index in [9.17, 15) is 9.18 Å². The molecule has 2 fully saturated rings. The maximum atomic E-state index is 13.1. The molecule has 5 heteroatoms. The number of halogens is 1. The van der Waals surface area contributed by atoms with Crippen LogP contribution in [0.2, 0.25) is 0 Å². The van der Waals surface area contributed by atoms with Gasteiger partial charge in [0, 0.05) is 19.6 Å². The van der Waals surface area contributed by atoms with Gasteiger partial charge in [0.15, 0.2) is 0 Å². The van der Waals surface area contributed by atoms with Gasteiger partial charge in [-0.25, -0.2) is 4.39 Å². The second-order valence-corrected chi connectivity index (χ2v) is 6.42. The summed E-state index contributed by atoms with van der Waals surface area (Å²) in [6.07, 6.45) is 2.12. The fourth-order valence-electron chi connectivity index (χ4n) is 3.73. The Balaban J connectivity index is 1.69. The summed E-state index contributed by atoms with van der Waals surface area (Å²) in [7, 11) is 0. The van der Waals surface area contributed by atoms with Crippen LogP contribution >= 0.6 is 0 Å². The normalized spacial score (nSPS) is 26.4. The number of nitrogens with one attached hydrogen (secondary N) is 1. The lowest BCUT2D eigenvalue weighted by Crippen LogP contribution is -2.39. The Kier molecular flexibility index (Phi) is 4.74. The Morgan fingerprint density at radius 1 is 1.23 bits per heavy atom. The highest BCUT2D eigenvalue weighted by molar-refractivity contribution is 5.84. The molecule has 0 saturated carbocycles. The minimum absolute atomic E-state index is 0.0852. The van der Waals surface area contributed by atoms with Gasteiger partial charge in [0.25, 0.3) is 0 Å². The molecule has 0 radical (unpaired) electrons. The molecule has 1 aromatic carbocycles. The third-order valence-electron chi connectivity index (χ3n) is 5.14. The number of nitrogens with zero attached hydrogens (tertiary/aromatic N) is 1. The van der Waals surface area contributed by atoms with Crippen LogP contribution in [0, 0.1) is 17.7 Å². The van der Waals surface area contributed by atoms with E-state index in [4.69, 9.17) is 5.73 Å². The van der Waals surface area contributed by atoms with Crippen molar-refractivity contribution in [2.75, 3.05) is 32.7 Å². The van der Waals surface area contributed by atoms with E-state index in [2.05, 4.69) is 5.32 Å². The molecule has 1 unspecified atom stereocenters. The number of amides is 1. The van der Waals surface area contributed by atoms with Crippen LogP contribution in [0.5, 0.6) is 0 Å². The first-order valence-corrected chi connectivity index (χ1v) is 8.14. The SMILES string of the molecule is NCC(C(=O)N1CC[C@@H]2CNC[C@@H]2CC1)c1ccc(F)cc1. The highest BCUT2D eigenvalue weighted by atomic mass is 19.1. The molecule has 2 aliphatic rings. The molecule has 2 heterocycles. The molecule has 3 N–H and O–H groups in total. The molecule has 1 aromatic rings. The standard InChI is InChI=1S/C17H24FN3O/c18-15-3-1-12(2-4-15)16(9-19)17(22)21-7-5-13-10-20-11-14(13)6-8-21/h1-4,13-14,16,20H,5-11,19H2/t13-,14+,16?. The van der Waals surface area contributed by atoms with Crippen LogP contribution in [0.1, 0.15) is 24.3 Å². The molecular formula is C17H24FN3O. The molecule has 22 heavy (non-hydrogen) atoms. The molecule has 0 aliphatic carbocycles. The maximum absolute atomic E-state index is 13.1. The summed E-state index contributed by atoms with van der Waals surface area (Å²) in [6.45, 7) is 4.02. The number of benzene rings is 1. The van der Waals surface area contributed by atoms with Crippen LogP contribution in [0.3, 0.4) is 0 Å². The third-order valence-corrected chi connectivity index (χ3v) is 5.14. The zero-order valence-corrected chi connectivity index (χ0v) is 12.8. The zero-order chi connectivity index (χ0) is 15.5. The van der Waals surface area contributed by atoms with E-state index < -0.39 is 0 Å². The summed E-state index contributed by atoms with van der Waals surface area (Å²) in [5.74, 6) is 0.820. The lowest BCUT2D eigenvalue weighted by atomic mass is 9.92. The Hall–Kier alpha value is -1.46. The van der Waals surface area contributed by atoms with Crippen LogP contribution in [0.15, 0.2) is 24.3 Å². The molecular weight excluding hydrogens is 281 g/mol. The first-order valence-electron chi connectivity index (χ1n) is 8.14. The first kappa shape index (κ1) is 15.4. The lowest BCUT2D eigenvalue weighted by molar-refractivity contribution is -0.132. The second-order valence-electron chi connectivity index (χ2n) is 6.42. The second kappa shape index (κ2) is 6.75. The van der Waals surface area contributed by atoms with E-state index in [0.717, 1.165) is 44.6 Å². The molecule has 3 rings (SSSR count). The summed E-state index contributed by atoms with van der Waals surface area (Å²) in [6, 6.07) is 6.12. The van der Waals surface area contributed by atoms with Crippen molar-refractivity contribution in [2.45, 2.75) is 18.8 Å². The number of likely N-dealkylation sites (tertiary alicyclic amines) is 1. The predicted molar refractivity (Wildman–Crippen MR) is 83.9 cm³/mol. The van der Waals surface area contributed by atoms with Gasteiger partial charge in [-0.1, -0.05) is 12.1 Å². The van der Waals surface area contributed by atoms with Gasteiger partial charge in [-0.3, -0.25) is 4.79 Å². The van der Waals surface area contributed by atoms with Crippen molar-refractivity contribution < 1.29 is 9.18 Å². The van der Waals surface area contributed by atoms with Crippen molar-refractivity contribution in [3.05, 3.63) is 35.6 Å². The molecule has 1 amide bonds. The summed E-state index contributed by atoms with van der Waals surface area (Å²) >= 11 is 0. The van der Waals surface area contributed by atoms with E-state index in [1.807, 2.05) is 4.90 Å². The predicted octanol–water partition coefficient (Wildman–Crippen LogP) is 1.33. The Labute approximate surface area is 130 Å². The van der Waals surface area contributed by atoms with E-state index >= 15 is 0 Å². The smallest absolute Gasteiger partial charge is 0.231 e. The average molecular weight is 305 g/mol. The van der Waals surface area contributed by atoms with Crippen LogP contribution in [0.4, 0.5) is 4.39 Å². The van der Waals surface area contributed by atoms with Crippen molar-refractivity contribution >= 4 is 5.91 Å². The molecule has 0 bridgehead atoms. The van der Waals surface area contributed by atoms with Crippen molar-refractivity contribution in [2.24, 2.45) is 17.6 Å². The van der Waals surface area contributed by atoms with E-state index in [0.29, 0.717) is 11.8 Å². The van der Waals surface area contributed by atoms with E-state index in [1.54, 1.807) is 12.1 Å². The minimum Gasteiger partial charge on any atom is -0.342 e. The van der Waals surface area contributed by atoms with Crippen LogP contribution in [0.25, 0.3) is 0 Å². The van der Waals surface area contributed by atoms with Gasteiger partial charge in [-0.05, 0) is 55.5 Å². The Morgan fingerprint density at radius 2 is 1.82 bits per heavy atom. The highest BCUT2D eigenvalue weighted by Gasteiger charge is 2.33.